The number of furan rings is 1. The van der Waals surface area contributed by atoms with Gasteiger partial charge in [-0.25, -0.2) is 0 Å². The van der Waals surface area contributed by atoms with Crippen molar-refractivity contribution in [2.24, 2.45) is 5.73 Å². The van der Waals surface area contributed by atoms with Crippen LogP contribution in [0.3, 0.4) is 0 Å². The molecule has 0 bridgehead atoms. The van der Waals surface area contributed by atoms with Gasteiger partial charge in [-0.1, -0.05) is 0 Å². The monoisotopic (exact) mass is 228 g/mol. The molecule has 0 amide bonds. The van der Waals surface area contributed by atoms with Crippen molar-refractivity contribution >= 4 is 10.8 Å². The SMILES string of the molecule is NCc1ccoc1CN1CCS(=O)CC1. The number of hydrogen-bond acceptors (Lipinski definition) is 4. The average Bonchev–Trinajstić information content (AvgIpc) is 2.69. The topological polar surface area (TPSA) is 59.5 Å². The van der Waals surface area contributed by atoms with E-state index >= 15 is 0 Å². The molecule has 1 aliphatic rings. The molecule has 1 aromatic rings. The van der Waals surface area contributed by atoms with Gasteiger partial charge in [0.1, 0.15) is 5.76 Å². The minimum absolute atomic E-state index is 0.519. The van der Waals surface area contributed by atoms with Crippen LogP contribution in [0.5, 0.6) is 0 Å². The number of nitrogens with two attached hydrogens (primary N) is 1. The Labute approximate surface area is 91.9 Å². The van der Waals surface area contributed by atoms with Gasteiger partial charge in [0, 0.05) is 47.5 Å². The molecule has 2 heterocycles. The van der Waals surface area contributed by atoms with Crippen molar-refractivity contribution in [3.8, 4) is 0 Å². The van der Waals surface area contributed by atoms with Crippen molar-refractivity contribution < 1.29 is 8.63 Å². The van der Waals surface area contributed by atoms with Crippen LogP contribution in [0.15, 0.2) is 16.7 Å². The van der Waals surface area contributed by atoms with Crippen LogP contribution in [0, 0.1) is 0 Å². The first-order valence-electron chi connectivity index (χ1n) is 5.12. The molecule has 0 saturated carbocycles. The Balaban J connectivity index is 1.94. The lowest BCUT2D eigenvalue weighted by molar-refractivity contribution is 0.264. The Morgan fingerprint density at radius 2 is 2.20 bits per heavy atom. The molecule has 1 aromatic heterocycles. The van der Waals surface area contributed by atoms with E-state index in [9.17, 15) is 4.21 Å². The van der Waals surface area contributed by atoms with E-state index in [0.29, 0.717) is 6.54 Å². The third kappa shape index (κ3) is 2.68. The van der Waals surface area contributed by atoms with Crippen molar-refractivity contribution in [1.82, 2.24) is 4.90 Å². The summed E-state index contributed by atoms with van der Waals surface area (Å²) < 4.78 is 16.6. The molecule has 0 radical (unpaired) electrons. The van der Waals surface area contributed by atoms with Crippen molar-refractivity contribution in [3.63, 3.8) is 0 Å². The first-order valence-corrected chi connectivity index (χ1v) is 6.61. The molecule has 0 aromatic carbocycles. The van der Waals surface area contributed by atoms with Gasteiger partial charge < -0.3 is 10.2 Å². The third-order valence-electron chi connectivity index (χ3n) is 2.70. The largest absolute Gasteiger partial charge is 0.468 e. The number of nitrogens with zero attached hydrogens (tertiary/aromatic N) is 1. The highest BCUT2D eigenvalue weighted by molar-refractivity contribution is 7.85. The third-order valence-corrected chi connectivity index (χ3v) is 3.97. The molecule has 1 fully saturated rings. The molecule has 84 valence electrons. The Hall–Kier alpha value is -0.650. The van der Waals surface area contributed by atoms with E-state index in [1.54, 1.807) is 6.26 Å². The summed E-state index contributed by atoms with van der Waals surface area (Å²) in [7, 11) is -0.613. The zero-order chi connectivity index (χ0) is 10.7. The molecule has 5 heteroatoms. The van der Waals surface area contributed by atoms with Crippen LogP contribution >= 0.6 is 0 Å². The second-order valence-electron chi connectivity index (χ2n) is 3.70. The van der Waals surface area contributed by atoms with Crippen LogP contribution in [0.25, 0.3) is 0 Å². The fourth-order valence-corrected chi connectivity index (χ4v) is 2.85. The predicted molar refractivity (Wildman–Crippen MR) is 59.8 cm³/mol. The zero-order valence-electron chi connectivity index (χ0n) is 8.65. The highest BCUT2D eigenvalue weighted by Crippen LogP contribution is 2.13. The summed E-state index contributed by atoms with van der Waals surface area (Å²) in [5.74, 6) is 2.50. The second-order valence-corrected chi connectivity index (χ2v) is 5.39. The maximum Gasteiger partial charge on any atom is 0.122 e. The molecule has 0 spiro atoms. The van der Waals surface area contributed by atoms with Crippen LogP contribution in [0.4, 0.5) is 0 Å². The molecule has 15 heavy (non-hydrogen) atoms. The Morgan fingerprint density at radius 3 is 2.87 bits per heavy atom. The van der Waals surface area contributed by atoms with Gasteiger partial charge in [-0.05, 0) is 6.07 Å². The molecule has 1 aliphatic heterocycles. The quantitative estimate of drug-likeness (QED) is 0.808. The summed E-state index contributed by atoms with van der Waals surface area (Å²) in [5.41, 5.74) is 6.67. The first kappa shape index (κ1) is 10.9. The van der Waals surface area contributed by atoms with E-state index in [4.69, 9.17) is 10.2 Å². The molecule has 0 unspecified atom stereocenters. The second kappa shape index (κ2) is 4.92. The van der Waals surface area contributed by atoms with Crippen molar-refractivity contribution in [2.45, 2.75) is 13.1 Å². The van der Waals surface area contributed by atoms with E-state index in [-0.39, 0.29) is 0 Å². The normalized spacial score (nSPS) is 19.5. The number of hydrogen-bond donors (Lipinski definition) is 1. The van der Waals surface area contributed by atoms with Gasteiger partial charge in [0.25, 0.3) is 0 Å². The maximum absolute atomic E-state index is 11.2. The summed E-state index contributed by atoms with van der Waals surface area (Å²) in [6.45, 7) is 3.08. The molecule has 2 N–H and O–H groups in total. The standard InChI is InChI=1S/C10H16N2O2S/c11-7-9-1-4-14-10(9)8-12-2-5-15(13)6-3-12/h1,4H,2-3,5-8,11H2. The summed E-state index contributed by atoms with van der Waals surface area (Å²) in [6, 6.07) is 1.91. The van der Waals surface area contributed by atoms with Crippen LogP contribution < -0.4 is 5.73 Å². The van der Waals surface area contributed by atoms with Crippen molar-refractivity contribution in [3.05, 3.63) is 23.7 Å². The fourth-order valence-electron chi connectivity index (χ4n) is 1.72. The van der Waals surface area contributed by atoms with Crippen LogP contribution in [0.2, 0.25) is 0 Å². The van der Waals surface area contributed by atoms with Crippen molar-refractivity contribution in [1.29, 1.82) is 0 Å². The van der Waals surface area contributed by atoms with Gasteiger partial charge in [-0.15, -0.1) is 0 Å². The summed E-state index contributed by atoms with van der Waals surface area (Å²) in [6.07, 6.45) is 1.68. The van der Waals surface area contributed by atoms with Gasteiger partial charge in [-0.2, -0.15) is 0 Å². The Kier molecular flexibility index (Phi) is 3.56. The molecular weight excluding hydrogens is 212 g/mol. The smallest absolute Gasteiger partial charge is 0.122 e. The lowest BCUT2D eigenvalue weighted by Gasteiger charge is -2.25. The lowest BCUT2D eigenvalue weighted by Crippen LogP contribution is -2.37. The van der Waals surface area contributed by atoms with Crippen LogP contribution in [-0.4, -0.2) is 33.7 Å². The maximum atomic E-state index is 11.2. The van der Waals surface area contributed by atoms with E-state index in [0.717, 1.165) is 42.5 Å². The molecule has 0 aliphatic carbocycles. The minimum Gasteiger partial charge on any atom is -0.468 e. The first-order chi connectivity index (χ1) is 7.29. The molecule has 4 nitrogen and oxygen atoms in total. The summed E-state index contributed by atoms with van der Waals surface area (Å²) >= 11 is 0. The highest BCUT2D eigenvalue weighted by atomic mass is 32.2. The predicted octanol–water partition coefficient (Wildman–Crippen LogP) is 0.303. The Bertz CT molecular complexity index is 341. The average molecular weight is 228 g/mol. The molecule has 1 saturated heterocycles. The lowest BCUT2D eigenvalue weighted by atomic mass is 10.2. The van der Waals surface area contributed by atoms with Gasteiger partial charge in [0.15, 0.2) is 0 Å². The highest BCUT2D eigenvalue weighted by Gasteiger charge is 2.17. The van der Waals surface area contributed by atoms with E-state index < -0.39 is 10.8 Å². The zero-order valence-corrected chi connectivity index (χ0v) is 9.46. The fraction of sp³-hybridized carbons (Fsp3) is 0.600. The van der Waals surface area contributed by atoms with Gasteiger partial charge in [0.2, 0.25) is 0 Å². The van der Waals surface area contributed by atoms with Gasteiger partial charge >= 0.3 is 0 Å². The molecule has 2 rings (SSSR count). The Morgan fingerprint density at radius 1 is 1.47 bits per heavy atom. The van der Waals surface area contributed by atoms with E-state index in [2.05, 4.69) is 4.90 Å². The van der Waals surface area contributed by atoms with Crippen LogP contribution in [-0.2, 0) is 23.9 Å². The molecule has 0 atom stereocenters. The van der Waals surface area contributed by atoms with E-state index in [1.807, 2.05) is 6.07 Å². The molecular formula is C10H16N2O2S. The number of rotatable bonds is 3. The minimum atomic E-state index is -0.613. The summed E-state index contributed by atoms with van der Waals surface area (Å²) in [5, 5.41) is 0. The van der Waals surface area contributed by atoms with Crippen LogP contribution in [0.1, 0.15) is 11.3 Å². The van der Waals surface area contributed by atoms with Crippen molar-refractivity contribution in [2.75, 3.05) is 24.6 Å². The van der Waals surface area contributed by atoms with Gasteiger partial charge in [0.05, 0.1) is 12.8 Å². The summed E-state index contributed by atoms with van der Waals surface area (Å²) in [4.78, 5) is 2.26. The van der Waals surface area contributed by atoms with Gasteiger partial charge in [-0.3, -0.25) is 9.11 Å². The van der Waals surface area contributed by atoms with E-state index in [1.165, 1.54) is 0 Å².